The Morgan fingerprint density at radius 3 is 2.74 bits per heavy atom. The van der Waals surface area contributed by atoms with Crippen molar-refractivity contribution in [2.75, 3.05) is 6.54 Å². The fourth-order valence-electron chi connectivity index (χ4n) is 2.28. The molecule has 2 rings (SSSR count). The van der Waals surface area contributed by atoms with E-state index in [1.807, 2.05) is 17.5 Å². The second-order valence-electron chi connectivity index (χ2n) is 4.63. The van der Waals surface area contributed by atoms with Gasteiger partial charge < -0.3 is 5.32 Å². The summed E-state index contributed by atoms with van der Waals surface area (Å²) in [6.07, 6.45) is 4.12. The van der Waals surface area contributed by atoms with Gasteiger partial charge in [0, 0.05) is 22.5 Å². The maximum absolute atomic E-state index is 4.44. The first-order valence-corrected chi connectivity index (χ1v) is 7.95. The van der Waals surface area contributed by atoms with Crippen molar-refractivity contribution in [2.24, 2.45) is 0 Å². The minimum atomic E-state index is 0.268. The van der Waals surface area contributed by atoms with Crippen molar-refractivity contribution in [3.05, 3.63) is 39.8 Å². The van der Waals surface area contributed by atoms with Crippen LogP contribution in [-0.2, 0) is 13.0 Å². The molecule has 2 heterocycles. The molecule has 0 aliphatic carbocycles. The van der Waals surface area contributed by atoms with Crippen LogP contribution in [0.3, 0.4) is 0 Å². The Hall–Kier alpha value is -1.13. The van der Waals surface area contributed by atoms with Crippen LogP contribution < -0.4 is 5.32 Å². The summed E-state index contributed by atoms with van der Waals surface area (Å²) in [4.78, 5) is 2.83. The third-order valence-electron chi connectivity index (χ3n) is 3.20. The van der Waals surface area contributed by atoms with E-state index in [0.717, 1.165) is 25.9 Å². The van der Waals surface area contributed by atoms with Crippen LogP contribution in [0, 0.1) is 0 Å². The fraction of sp³-hybridized carbons (Fsp3) is 0.533. The summed E-state index contributed by atoms with van der Waals surface area (Å²) in [5.41, 5.74) is 1.27. The fourth-order valence-corrected chi connectivity index (χ4v) is 3.32. The number of nitrogens with one attached hydrogen (secondary N) is 1. The predicted octanol–water partition coefficient (Wildman–Crippen LogP) is 3.62. The molecule has 0 radical (unpaired) electrons. The highest BCUT2D eigenvalue weighted by atomic mass is 32.1. The topological polar surface area (TPSA) is 29.9 Å². The molecule has 4 heteroatoms. The normalized spacial score (nSPS) is 12.8. The number of rotatable bonds is 7. The number of hydrogen-bond donors (Lipinski definition) is 1. The molecule has 1 atom stereocenters. The number of thiophene rings is 1. The van der Waals surface area contributed by atoms with E-state index in [2.05, 4.69) is 54.1 Å². The van der Waals surface area contributed by atoms with Gasteiger partial charge in [-0.2, -0.15) is 5.10 Å². The van der Waals surface area contributed by atoms with Crippen molar-refractivity contribution >= 4 is 11.3 Å². The van der Waals surface area contributed by atoms with E-state index in [9.17, 15) is 0 Å². The minimum absolute atomic E-state index is 0.268. The highest BCUT2D eigenvalue weighted by Gasteiger charge is 2.18. The van der Waals surface area contributed by atoms with Crippen molar-refractivity contribution in [2.45, 2.75) is 46.2 Å². The molecule has 0 bridgehead atoms. The lowest BCUT2D eigenvalue weighted by atomic mass is 10.1. The molecule has 0 aliphatic rings. The zero-order valence-corrected chi connectivity index (χ0v) is 12.8. The number of hydrogen-bond acceptors (Lipinski definition) is 3. The standard InChI is InChI=1S/C15H23N3S/c1-4-11-18-13(9-10-17-18)15(16-6-3)14-8-7-12(5-2)19-14/h7-10,15-16H,4-6,11H2,1-3H3. The van der Waals surface area contributed by atoms with Crippen LogP contribution >= 0.6 is 11.3 Å². The highest BCUT2D eigenvalue weighted by molar-refractivity contribution is 7.12. The molecular formula is C15H23N3S. The maximum atomic E-state index is 4.44. The predicted molar refractivity (Wildman–Crippen MR) is 81.7 cm³/mol. The molecule has 104 valence electrons. The molecule has 0 aromatic carbocycles. The summed E-state index contributed by atoms with van der Waals surface area (Å²) in [6.45, 7) is 8.49. The molecule has 0 saturated carbocycles. The number of aryl methyl sites for hydroxylation is 2. The molecule has 0 spiro atoms. The average Bonchev–Trinajstić information content (AvgIpc) is 3.05. The second kappa shape index (κ2) is 6.87. The molecule has 2 aromatic rings. The molecule has 0 saturated heterocycles. The Balaban J connectivity index is 2.30. The van der Waals surface area contributed by atoms with Gasteiger partial charge in [0.1, 0.15) is 0 Å². The van der Waals surface area contributed by atoms with Crippen LogP contribution in [0.2, 0.25) is 0 Å². The van der Waals surface area contributed by atoms with E-state index in [1.165, 1.54) is 15.4 Å². The van der Waals surface area contributed by atoms with Gasteiger partial charge in [0.05, 0.1) is 11.7 Å². The quantitative estimate of drug-likeness (QED) is 0.838. The third kappa shape index (κ3) is 3.25. The Morgan fingerprint density at radius 2 is 2.11 bits per heavy atom. The lowest BCUT2D eigenvalue weighted by molar-refractivity contribution is 0.524. The van der Waals surface area contributed by atoms with E-state index in [4.69, 9.17) is 0 Å². The van der Waals surface area contributed by atoms with Crippen LogP contribution in [0.5, 0.6) is 0 Å². The minimum Gasteiger partial charge on any atom is -0.305 e. The molecule has 1 N–H and O–H groups in total. The first kappa shape index (κ1) is 14.3. The lowest BCUT2D eigenvalue weighted by Gasteiger charge is -2.18. The van der Waals surface area contributed by atoms with Crippen LogP contribution in [0.4, 0.5) is 0 Å². The van der Waals surface area contributed by atoms with Crippen LogP contribution in [-0.4, -0.2) is 16.3 Å². The summed E-state index contributed by atoms with van der Waals surface area (Å²) in [6, 6.07) is 6.89. The monoisotopic (exact) mass is 277 g/mol. The third-order valence-corrected chi connectivity index (χ3v) is 4.50. The van der Waals surface area contributed by atoms with Gasteiger partial charge in [-0.3, -0.25) is 4.68 Å². The molecule has 3 nitrogen and oxygen atoms in total. The zero-order chi connectivity index (χ0) is 13.7. The van der Waals surface area contributed by atoms with Gasteiger partial charge in [0.25, 0.3) is 0 Å². The summed E-state index contributed by atoms with van der Waals surface area (Å²) >= 11 is 1.90. The van der Waals surface area contributed by atoms with Crippen molar-refractivity contribution in [1.82, 2.24) is 15.1 Å². The van der Waals surface area contributed by atoms with Crippen LogP contribution in [0.15, 0.2) is 24.4 Å². The largest absolute Gasteiger partial charge is 0.305 e. The van der Waals surface area contributed by atoms with E-state index in [1.54, 1.807) is 0 Å². The van der Waals surface area contributed by atoms with Crippen molar-refractivity contribution in [3.63, 3.8) is 0 Å². The van der Waals surface area contributed by atoms with Crippen molar-refractivity contribution < 1.29 is 0 Å². The van der Waals surface area contributed by atoms with Crippen molar-refractivity contribution in [3.8, 4) is 0 Å². The van der Waals surface area contributed by atoms with Gasteiger partial charge in [-0.05, 0) is 37.6 Å². The first-order chi connectivity index (χ1) is 9.30. The summed E-state index contributed by atoms with van der Waals surface area (Å²) in [7, 11) is 0. The summed E-state index contributed by atoms with van der Waals surface area (Å²) in [5, 5.41) is 8.03. The summed E-state index contributed by atoms with van der Waals surface area (Å²) in [5.74, 6) is 0. The smallest absolute Gasteiger partial charge is 0.0841 e. The van der Waals surface area contributed by atoms with E-state index in [-0.39, 0.29) is 6.04 Å². The molecule has 0 amide bonds. The Bertz CT molecular complexity index is 501. The van der Waals surface area contributed by atoms with Gasteiger partial charge >= 0.3 is 0 Å². The van der Waals surface area contributed by atoms with E-state index in [0.29, 0.717) is 0 Å². The lowest BCUT2D eigenvalue weighted by Crippen LogP contribution is -2.24. The van der Waals surface area contributed by atoms with E-state index >= 15 is 0 Å². The van der Waals surface area contributed by atoms with Gasteiger partial charge in [-0.25, -0.2) is 0 Å². The summed E-state index contributed by atoms with van der Waals surface area (Å²) < 4.78 is 2.12. The SMILES string of the molecule is CCCn1nccc1C(NCC)c1ccc(CC)s1. The maximum Gasteiger partial charge on any atom is 0.0841 e. The van der Waals surface area contributed by atoms with Gasteiger partial charge in [0.2, 0.25) is 0 Å². The Kier molecular flexibility index (Phi) is 5.16. The molecular weight excluding hydrogens is 254 g/mol. The zero-order valence-electron chi connectivity index (χ0n) is 12.0. The molecule has 2 aromatic heterocycles. The molecule has 0 aliphatic heterocycles. The Morgan fingerprint density at radius 1 is 1.26 bits per heavy atom. The molecule has 19 heavy (non-hydrogen) atoms. The van der Waals surface area contributed by atoms with Gasteiger partial charge in [-0.1, -0.05) is 20.8 Å². The first-order valence-electron chi connectivity index (χ1n) is 7.13. The average molecular weight is 277 g/mol. The second-order valence-corrected chi connectivity index (χ2v) is 5.83. The van der Waals surface area contributed by atoms with Crippen molar-refractivity contribution in [1.29, 1.82) is 0 Å². The van der Waals surface area contributed by atoms with Crippen LogP contribution in [0.25, 0.3) is 0 Å². The van der Waals surface area contributed by atoms with E-state index < -0.39 is 0 Å². The van der Waals surface area contributed by atoms with Gasteiger partial charge in [-0.15, -0.1) is 11.3 Å². The number of aromatic nitrogens is 2. The van der Waals surface area contributed by atoms with Gasteiger partial charge in [0.15, 0.2) is 0 Å². The number of nitrogens with zero attached hydrogens (tertiary/aromatic N) is 2. The Labute approximate surface area is 119 Å². The van der Waals surface area contributed by atoms with Crippen LogP contribution in [0.1, 0.15) is 48.7 Å². The highest BCUT2D eigenvalue weighted by Crippen LogP contribution is 2.28. The molecule has 1 unspecified atom stereocenters. The molecule has 0 fully saturated rings.